The van der Waals surface area contributed by atoms with Crippen molar-refractivity contribution in [2.45, 2.75) is 30.7 Å². The van der Waals surface area contributed by atoms with Gasteiger partial charge in [0.2, 0.25) is 0 Å². The van der Waals surface area contributed by atoms with Crippen LogP contribution < -0.4 is 0 Å². The number of hydrogen-bond donors (Lipinski definition) is 0. The van der Waals surface area contributed by atoms with E-state index < -0.39 is 5.41 Å². The first-order valence-electron chi connectivity index (χ1n) is 8.84. The molecule has 2 atom stereocenters. The molecule has 1 aromatic heterocycles. The molecular weight excluding hydrogens is 306 g/mol. The van der Waals surface area contributed by atoms with Crippen molar-refractivity contribution in [2.24, 2.45) is 5.92 Å². The minimum Gasteiger partial charge on any atom is -0.334 e. The number of nitriles is 1. The second-order valence-corrected chi connectivity index (χ2v) is 6.83. The van der Waals surface area contributed by atoms with Gasteiger partial charge >= 0.3 is 0 Å². The van der Waals surface area contributed by atoms with Gasteiger partial charge in [-0.3, -0.25) is 0 Å². The average Bonchev–Trinajstić information content (AvgIpc) is 3.37. The predicted molar refractivity (Wildman–Crippen MR) is 97.9 cm³/mol. The zero-order valence-electron chi connectivity index (χ0n) is 14.1. The van der Waals surface area contributed by atoms with Crippen LogP contribution in [0, 0.1) is 17.2 Å². The maximum Gasteiger partial charge on any atom is 0.110 e. The van der Waals surface area contributed by atoms with Crippen molar-refractivity contribution < 1.29 is 0 Å². The second-order valence-electron chi connectivity index (χ2n) is 6.83. The lowest BCUT2D eigenvalue weighted by molar-refractivity contribution is 0.381. The minimum atomic E-state index is -0.599. The Morgan fingerprint density at radius 1 is 0.960 bits per heavy atom. The lowest BCUT2D eigenvalue weighted by atomic mass is 9.66. The quantitative estimate of drug-likeness (QED) is 0.695. The molecule has 124 valence electrons. The van der Waals surface area contributed by atoms with Crippen molar-refractivity contribution in [1.82, 2.24) is 9.55 Å². The van der Waals surface area contributed by atoms with Crippen LogP contribution in [0.4, 0.5) is 0 Å². The van der Waals surface area contributed by atoms with Gasteiger partial charge in [-0.15, -0.1) is 0 Å². The topological polar surface area (TPSA) is 41.6 Å². The molecule has 0 radical (unpaired) electrons. The molecule has 1 aliphatic rings. The molecule has 3 heteroatoms. The molecule has 0 bridgehead atoms. The predicted octanol–water partition coefficient (Wildman–Crippen LogP) is 4.73. The SMILES string of the molecule is N#CC(c1ccccc1)(c1ccccc1)[C@H]1CC[C@H](n2ccnc2)C1. The van der Waals surface area contributed by atoms with Gasteiger partial charge in [0.05, 0.1) is 12.4 Å². The molecular formula is C22H21N3. The summed E-state index contributed by atoms with van der Waals surface area (Å²) in [6.07, 6.45) is 8.88. The number of benzene rings is 2. The van der Waals surface area contributed by atoms with Crippen LogP contribution in [0.2, 0.25) is 0 Å². The van der Waals surface area contributed by atoms with Gasteiger partial charge in [-0.05, 0) is 36.3 Å². The summed E-state index contributed by atoms with van der Waals surface area (Å²) >= 11 is 0. The molecule has 0 amide bonds. The van der Waals surface area contributed by atoms with Gasteiger partial charge in [-0.1, -0.05) is 60.7 Å². The molecule has 1 aliphatic carbocycles. The van der Waals surface area contributed by atoms with Crippen molar-refractivity contribution in [3.8, 4) is 6.07 Å². The van der Waals surface area contributed by atoms with E-state index in [2.05, 4.69) is 39.9 Å². The van der Waals surface area contributed by atoms with Crippen LogP contribution in [0.25, 0.3) is 0 Å². The normalized spacial score (nSPS) is 20.3. The first-order valence-corrected chi connectivity index (χ1v) is 8.84. The first kappa shape index (κ1) is 15.7. The molecule has 4 rings (SSSR count). The minimum absolute atomic E-state index is 0.287. The molecule has 3 aromatic rings. The van der Waals surface area contributed by atoms with E-state index in [1.54, 1.807) is 0 Å². The molecule has 0 N–H and O–H groups in total. The van der Waals surface area contributed by atoms with E-state index in [9.17, 15) is 5.26 Å². The van der Waals surface area contributed by atoms with E-state index in [-0.39, 0.29) is 5.92 Å². The Kier molecular flexibility index (Phi) is 4.11. The zero-order chi connectivity index (χ0) is 17.1. The summed E-state index contributed by atoms with van der Waals surface area (Å²) in [4.78, 5) is 4.19. The molecule has 0 saturated heterocycles. The number of imidazole rings is 1. The summed E-state index contributed by atoms with van der Waals surface area (Å²) in [5.74, 6) is 0.287. The van der Waals surface area contributed by atoms with Crippen molar-refractivity contribution >= 4 is 0 Å². The van der Waals surface area contributed by atoms with Crippen molar-refractivity contribution in [2.75, 3.05) is 0 Å². The van der Waals surface area contributed by atoms with Crippen LogP contribution in [-0.2, 0) is 5.41 Å². The van der Waals surface area contributed by atoms with Gasteiger partial charge in [-0.25, -0.2) is 4.98 Å². The Bertz CT molecular complexity index is 808. The summed E-state index contributed by atoms with van der Waals surface area (Å²) in [5, 5.41) is 10.4. The third-order valence-electron chi connectivity index (χ3n) is 5.60. The highest BCUT2D eigenvalue weighted by atomic mass is 15.1. The largest absolute Gasteiger partial charge is 0.334 e. The third kappa shape index (κ3) is 2.64. The van der Waals surface area contributed by atoms with Crippen molar-refractivity contribution in [1.29, 1.82) is 5.26 Å². The van der Waals surface area contributed by atoms with Crippen LogP contribution in [0.3, 0.4) is 0 Å². The van der Waals surface area contributed by atoms with Gasteiger partial charge in [0, 0.05) is 18.4 Å². The van der Waals surface area contributed by atoms with Gasteiger partial charge < -0.3 is 4.57 Å². The molecule has 0 unspecified atom stereocenters. The van der Waals surface area contributed by atoms with Crippen LogP contribution in [0.1, 0.15) is 36.4 Å². The van der Waals surface area contributed by atoms with Gasteiger partial charge in [0.1, 0.15) is 5.41 Å². The monoisotopic (exact) mass is 327 g/mol. The van der Waals surface area contributed by atoms with E-state index in [1.165, 1.54) is 0 Å². The fraction of sp³-hybridized carbons (Fsp3) is 0.273. The smallest absolute Gasteiger partial charge is 0.110 e. The maximum absolute atomic E-state index is 10.4. The molecule has 25 heavy (non-hydrogen) atoms. The highest BCUT2D eigenvalue weighted by Crippen LogP contribution is 2.49. The number of aromatic nitrogens is 2. The van der Waals surface area contributed by atoms with E-state index in [4.69, 9.17) is 0 Å². The summed E-state index contributed by atoms with van der Waals surface area (Å²) in [5.41, 5.74) is 1.60. The average molecular weight is 327 g/mol. The Hall–Kier alpha value is -2.86. The van der Waals surface area contributed by atoms with Crippen LogP contribution in [0.15, 0.2) is 79.4 Å². The molecule has 2 aromatic carbocycles. The highest BCUT2D eigenvalue weighted by molar-refractivity contribution is 5.47. The summed E-state index contributed by atoms with van der Waals surface area (Å²) < 4.78 is 2.19. The maximum atomic E-state index is 10.4. The molecule has 0 aliphatic heterocycles. The lowest BCUT2D eigenvalue weighted by Gasteiger charge is -2.34. The van der Waals surface area contributed by atoms with E-state index in [1.807, 2.05) is 55.1 Å². The van der Waals surface area contributed by atoms with Crippen LogP contribution >= 0.6 is 0 Å². The van der Waals surface area contributed by atoms with Gasteiger partial charge in [-0.2, -0.15) is 5.26 Å². The van der Waals surface area contributed by atoms with Gasteiger partial charge in [0.15, 0.2) is 0 Å². The fourth-order valence-corrected chi connectivity index (χ4v) is 4.37. The Morgan fingerprint density at radius 2 is 1.60 bits per heavy atom. The molecule has 1 saturated carbocycles. The Morgan fingerprint density at radius 3 is 2.12 bits per heavy atom. The summed E-state index contributed by atoms with van der Waals surface area (Å²) in [7, 11) is 0. The molecule has 3 nitrogen and oxygen atoms in total. The third-order valence-corrected chi connectivity index (χ3v) is 5.60. The van der Waals surface area contributed by atoms with E-state index in [0.717, 1.165) is 30.4 Å². The molecule has 0 spiro atoms. The van der Waals surface area contributed by atoms with Crippen LogP contribution in [-0.4, -0.2) is 9.55 Å². The van der Waals surface area contributed by atoms with E-state index >= 15 is 0 Å². The molecule has 1 heterocycles. The van der Waals surface area contributed by atoms with Crippen LogP contribution in [0.5, 0.6) is 0 Å². The fourth-order valence-electron chi connectivity index (χ4n) is 4.37. The number of hydrogen-bond acceptors (Lipinski definition) is 2. The van der Waals surface area contributed by atoms with Gasteiger partial charge in [0.25, 0.3) is 0 Å². The standard InChI is InChI=1S/C22H21N3/c23-16-22(18-7-3-1-4-8-18,19-9-5-2-6-10-19)20-11-12-21(15-20)25-14-13-24-17-25/h1-10,13-14,17,20-21H,11-12,15H2/t20-,21-/m0/s1. The summed E-state index contributed by atoms with van der Waals surface area (Å²) in [6.45, 7) is 0. The molecule has 1 fully saturated rings. The first-order chi connectivity index (χ1) is 12.3. The van der Waals surface area contributed by atoms with Crippen molar-refractivity contribution in [3.63, 3.8) is 0 Å². The van der Waals surface area contributed by atoms with E-state index in [0.29, 0.717) is 6.04 Å². The van der Waals surface area contributed by atoms with Crippen molar-refractivity contribution in [3.05, 3.63) is 90.5 Å². The Labute approximate surface area is 148 Å². The number of rotatable bonds is 4. The number of nitrogens with zero attached hydrogens (tertiary/aromatic N) is 3. The summed E-state index contributed by atoms with van der Waals surface area (Å²) in [6, 6.07) is 23.7. The highest BCUT2D eigenvalue weighted by Gasteiger charge is 2.46. The second kappa shape index (κ2) is 6.57. The zero-order valence-corrected chi connectivity index (χ0v) is 14.1. The lowest BCUT2D eigenvalue weighted by Crippen LogP contribution is -2.34. The Balaban J connectivity index is 1.78.